The number of rotatable bonds is 8. The van der Waals surface area contributed by atoms with Crippen molar-refractivity contribution in [2.45, 2.75) is 83.6 Å². The fourth-order valence-electron chi connectivity index (χ4n) is 3.81. The zero-order valence-electron chi connectivity index (χ0n) is 13.9. The standard InChI is InChI=1S/C18H34N2O/c1-2-3-14-20(15-17-10-7-13-19-17)18(21)12-11-16-8-5-4-6-9-16/h16-17,19H,2-15H2,1H3. The highest BCUT2D eigenvalue weighted by atomic mass is 16.2. The molecule has 122 valence electrons. The number of hydrogen-bond donors (Lipinski definition) is 1. The maximum atomic E-state index is 12.6. The molecule has 3 nitrogen and oxygen atoms in total. The van der Waals surface area contributed by atoms with E-state index in [0.29, 0.717) is 11.9 Å². The molecule has 1 amide bonds. The SMILES string of the molecule is CCCCN(CC1CCCN1)C(=O)CCC1CCCCC1. The van der Waals surface area contributed by atoms with Gasteiger partial charge in [-0.2, -0.15) is 0 Å². The van der Waals surface area contributed by atoms with E-state index in [1.807, 2.05) is 0 Å². The Balaban J connectivity index is 1.75. The van der Waals surface area contributed by atoms with Gasteiger partial charge in [-0.3, -0.25) is 4.79 Å². The van der Waals surface area contributed by atoms with Crippen molar-refractivity contribution in [1.82, 2.24) is 10.2 Å². The van der Waals surface area contributed by atoms with Gasteiger partial charge in [-0.1, -0.05) is 45.4 Å². The van der Waals surface area contributed by atoms with Gasteiger partial charge in [0.25, 0.3) is 0 Å². The number of carbonyl (C=O) groups is 1. The van der Waals surface area contributed by atoms with Crippen molar-refractivity contribution in [3.05, 3.63) is 0 Å². The average molecular weight is 294 g/mol. The second-order valence-corrected chi connectivity index (χ2v) is 7.03. The van der Waals surface area contributed by atoms with Gasteiger partial charge in [0.15, 0.2) is 0 Å². The summed E-state index contributed by atoms with van der Waals surface area (Å²) >= 11 is 0. The molecule has 0 spiro atoms. The summed E-state index contributed by atoms with van der Waals surface area (Å²) in [7, 11) is 0. The van der Waals surface area contributed by atoms with E-state index in [4.69, 9.17) is 0 Å². The number of carbonyl (C=O) groups excluding carboxylic acids is 1. The molecule has 1 atom stereocenters. The van der Waals surface area contributed by atoms with Crippen LogP contribution in [0.2, 0.25) is 0 Å². The Morgan fingerprint density at radius 3 is 2.62 bits per heavy atom. The quantitative estimate of drug-likeness (QED) is 0.740. The van der Waals surface area contributed by atoms with E-state index in [9.17, 15) is 4.79 Å². The molecule has 0 bridgehead atoms. The van der Waals surface area contributed by atoms with Crippen molar-refractivity contribution in [3.63, 3.8) is 0 Å². The Hall–Kier alpha value is -0.570. The molecule has 2 aliphatic rings. The maximum absolute atomic E-state index is 12.6. The number of unbranched alkanes of at least 4 members (excludes halogenated alkanes) is 1. The molecule has 2 fully saturated rings. The lowest BCUT2D eigenvalue weighted by Crippen LogP contribution is -2.41. The van der Waals surface area contributed by atoms with Gasteiger partial charge in [0.05, 0.1) is 0 Å². The predicted molar refractivity (Wildman–Crippen MR) is 88.3 cm³/mol. The van der Waals surface area contributed by atoms with Crippen molar-refractivity contribution in [3.8, 4) is 0 Å². The third kappa shape index (κ3) is 5.98. The molecule has 0 aromatic rings. The smallest absolute Gasteiger partial charge is 0.222 e. The van der Waals surface area contributed by atoms with Gasteiger partial charge in [-0.25, -0.2) is 0 Å². The lowest BCUT2D eigenvalue weighted by atomic mass is 9.86. The first-order valence-electron chi connectivity index (χ1n) is 9.30. The fourth-order valence-corrected chi connectivity index (χ4v) is 3.81. The van der Waals surface area contributed by atoms with Crippen LogP contribution in [-0.4, -0.2) is 36.5 Å². The summed E-state index contributed by atoms with van der Waals surface area (Å²) in [5.74, 6) is 1.23. The largest absolute Gasteiger partial charge is 0.341 e. The summed E-state index contributed by atoms with van der Waals surface area (Å²) in [6, 6.07) is 0.542. The van der Waals surface area contributed by atoms with Crippen LogP contribution < -0.4 is 5.32 Å². The van der Waals surface area contributed by atoms with Crippen LogP contribution in [0.5, 0.6) is 0 Å². The van der Waals surface area contributed by atoms with Crippen molar-refractivity contribution in [1.29, 1.82) is 0 Å². The molecule has 1 heterocycles. The Morgan fingerprint density at radius 1 is 1.14 bits per heavy atom. The number of amides is 1. The van der Waals surface area contributed by atoms with Crippen LogP contribution in [0, 0.1) is 5.92 Å². The van der Waals surface area contributed by atoms with Crippen molar-refractivity contribution < 1.29 is 4.79 Å². The highest BCUT2D eigenvalue weighted by molar-refractivity contribution is 5.76. The second kappa shape index (κ2) is 9.45. The lowest BCUT2D eigenvalue weighted by molar-refractivity contribution is -0.132. The van der Waals surface area contributed by atoms with E-state index in [-0.39, 0.29) is 0 Å². The first-order valence-corrected chi connectivity index (χ1v) is 9.30. The Morgan fingerprint density at radius 2 is 1.95 bits per heavy atom. The van der Waals surface area contributed by atoms with E-state index in [0.717, 1.165) is 44.8 Å². The predicted octanol–water partition coefficient (Wildman–Crippen LogP) is 3.73. The minimum Gasteiger partial charge on any atom is -0.341 e. The number of hydrogen-bond acceptors (Lipinski definition) is 2. The minimum absolute atomic E-state index is 0.405. The van der Waals surface area contributed by atoms with E-state index in [1.165, 1.54) is 51.4 Å². The average Bonchev–Trinajstić information content (AvgIpc) is 3.03. The van der Waals surface area contributed by atoms with Crippen LogP contribution in [0.4, 0.5) is 0 Å². The van der Waals surface area contributed by atoms with Gasteiger partial charge in [0.2, 0.25) is 5.91 Å². The second-order valence-electron chi connectivity index (χ2n) is 7.03. The molecule has 0 radical (unpaired) electrons. The molecule has 3 heteroatoms. The molecule has 0 aromatic carbocycles. The van der Waals surface area contributed by atoms with Crippen molar-refractivity contribution >= 4 is 5.91 Å². The van der Waals surface area contributed by atoms with E-state index in [2.05, 4.69) is 17.1 Å². The highest BCUT2D eigenvalue weighted by Gasteiger charge is 2.22. The molecule has 0 aromatic heterocycles. The van der Waals surface area contributed by atoms with E-state index < -0.39 is 0 Å². The summed E-state index contributed by atoms with van der Waals surface area (Å²) < 4.78 is 0. The van der Waals surface area contributed by atoms with Crippen molar-refractivity contribution in [2.75, 3.05) is 19.6 Å². The summed E-state index contributed by atoms with van der Waals surface area (Å²) in [6.45, 7) is 5.22. The Labute approximate surface area is 130 Å². The zero-order chi connectivity index (χ0) is 14.9. The number of nitrogens with zero attached hydrogens (tertiary/aromatic N) is 1. The van der Waals surface area contributed by atoms with Crippen LogP contribution in [0.15, 0.2) is 0 Å². The first-order chi connectivity index (χ1) is 10.3. The third-order valence-electron chi connectivity index (χ3n) is 5.23. The van der Waals surface area contributed by atoms with Gasteiger partial charge in [-0.05, 0) is 38.1 Å². The molecular formula is C18H34N2O. The molecule has 1 N–H and O–H groups in total. The summed E-state index contributed by atoms with van der Waals surface area (Å²) in [5.41, 5.74) is 0. The molecule has 1 saturated heterocycles. The first kappa shape index (κ1) is 16.8. The maximum Gasteiger partial charge on any atom is 0.222 e. The van der Waals surface area contributed by atoms with Gasteiger partial charge in [-0.15, -0.1) is 0 Å². The Bertz CT molecular complexity index is 294. The zero-order valence-corrected chi connectivity index (χ0v) is 13.9. The third-order valence-corrected chi connectivity index (χ3v) is 5.23. The van der Waals surface area contributed by atoms with Crippen molar-refractivity contribution in [2.24, 2.45) is 5.92 Å². The molecule has 1 unspecified atom stereocenters. The highest BCUT2D eigenvalue weighted by Crippen LogP contribution is 2.27. The monoisotopic (exact) mass is 294 g/mol. The van der Waals surface area contributed by atoms with E-state index in [1.54, 1.807) is 0 Å². The summed E-state index contributed by atoms with van der Waals surface area (Å²) in [6.07, 6.45) is 13.6. The molecule has 21 heavy (non-hydrogen) atoms. The normalized spacial score (nSPS) is 23.4. The topological polar surface area (TPSA) is 32.3 Å². The van der Waals surface area contributed by atoms with Gasteiger partial charge in [0.1, 0.15) is 0 Å². The van der Waals surface area contributed by atoms with Crippen LogP contribution in [0.1, 0.15) is 77.6 Å². The molecule has 2 rings (SSSR count). The Kier molecular flexibility index (Phi) is 7.56. The lowest BCUT2D eigenvalue weighted by Gasteiger charge is -2.27. The van der Waals surface area contributed by atoms with Gasteiger partial charge < -0.3 is 10.2 Å². The fraction of sp³-hybridized carbons (Fsp3) is 0.944. The minimum atomic E-state index is 0.405. The van der Waals surface area contributed by atoms with E-state index >= 15 is 0 Å². The summed E-state index contributed by atoms with van der Waals surface area (Å²) in [5, 5.41) is 3.53. The van der Waals surface area contributed by atoms with Gasteiger partial charge in [0, 0.05) is 25.6 Å². The van der Waals surface area contributed by atoms with Crippen LogP contribution in [0.3, 0.4) is 0 Å². The molecule has 1 aliphatic carbocycles. The number of nitrogens with one attached hydrogen (secondary N) is 1. The summed E-state index contributed by atoms with van der Waals surface area (Å²) in [4.78, 5) is 14.7. The van der Waals surface area contributed by atoms with Gasteiger partial charge >= 0.3 is 0 Å². The molecule has 1 saturated carbocycles. The molecular weight excluding hydrogens is 260 g/mol. The van der Waals surface area contributed by atoms with Crippen LogP contribution in [0.25, 0.3) is 0 Å². The van der Waals surface area contributed by atoms with Crippen LogP contribution in [-0.2, 0) is 4.79 Å². The van der Waals surface area contributed by atoms with Crippen LogP contribution >= 0.6 is 0 Å². The molecule has 1 aliphatic heterocycles.